The highest BCUT2D eigenvalue weighted by atomic mass is 32.2. The van der Waals surface area contributed by atoms with Crippen LogP contribution in [0.25, 0.3) is 6.08 Å². The Morgan fingerprint density at radius 3 is 2.47 bits per heavy atom. The zero-order chi connectivity index (χ0) is 26.0. The lowest BCUT2D eigenvalue weighted by molar-refractivity contribution is -0.121. The van der Waals surface area contributed by atoms with Crippen LogP contribution < -0.4 is 15.4 Å². The van der Waals surface area contributed by atoms with E-state index in [1.807, 2.05) is 24.0 Å². The molecular formula is C26H26FN5O2S2. The molecule has 2 aromatic rings. The fraction of sp³-hybridized carbons (Fsp3) is 0.308. The van der Waals surface area contributed by atoms with E-state index < -0.39 is 0 Å². The summed E-state index contributed by atoms with van der Waals surface area (Å²) in [4.78, 5) is 32.2. The maximum absolute atomic E-state index is 14.4. The Morgan fingerprint density at radius 2 is 1.86 bits per heavy atom. The maximum Gasteiger partial charge on any atom is 0.270 e. The molecule has 0 aliphatic carbocycles. The van der Waals surface area contributed by atoms with Crippen LogP contribution in [0.15, 0.2) is 46.6 Å². The van der Waals surface area contributed by atoms with Gasteiger partial charge in [0.05, 0.1) is 10.6 Å². The normalized spacial score (nSPS) is 17.2. The molecular weight excluding hydrogens is 497 g/mol. The van der Waals surface area contributed by atoms with Crippen LogP contribution in [-0.4, -0.2) is 52.4 Å². The van der Waals surface area contributed by atoms with Crippen molar-refractivity contribution in [3.63, 3.8) is 0 Å². The molecule has 0 N–H and O–H groups in total. The Morgan fingerprint density at radius 1 is 1.19 bits per heavy atom. The van der Waals surface area contributed by atoms with Crippen LogP contribution >= 0.6 is 24.0 Å². The van der Waals surface area contributed by atoms with Gasteiger partial charge < -0.3 is 9.80 Å². The third kappa shape index (κ3) is 4.56. The second kappa shape index (κ2) is 10.7. The smallest absolute Gasteiger partial charge is 0.270 e. The summed E-state index contributed by atoms with van der Waals surface area (Å²) in [5, 5.41) is 9.75. The van der Waals surface area contributed by atoms with E-state index >= 15 is 0 Å². The minimum Gasteiger partial charge on any atom is -0.366 e. The number of nitrogens with zero attached hydrogens (tertiary/aromatic N) is 5. The molecule has 1 aromatic carbocycles. The van der Waals surface area contributed by atoms with Gasteiger partial charge in [-0.3, -0.25) is 19.1 Å². The second-order valence-electron chi connectivity index (χ2n) is 8.40. The van der Waals surface area contributed by atoms with Gasteiger partial charge in [-0.05, 0) is 37.6 Å². The summed E-state index contributed by atoms with van der Waals surface area (Å²) in [5.41, 5.74) is 1.41. The molecule has 186 valence electrons. The molecule has 7 nitrogen and oxygen atoms in total. The lowest BCUT2D eigenvalue weighted by Crippen LogP contribution is -2.49. The van der Waals surface area contributed by atoms with Crippen molar-refractivity contribution in [1.82, 2.24) is 9.47 Å². The highest BCUT2D eigenvalue weighted by Crippen LogP contribution is 2.36. The first-order valence-corrected chi connectivity index (χ1v) is 12.8. The first-order chi connectivity index (χ1) is 17.3. The molecule has 0 spiro atoms. The second-order valence-corrected chi connectivity index (χ2v) is 10.1. The van der Waals surface area contributed by atoms with Gasteiger partial charge in [0.2, 0.25) is 0 Å². The molecule has 36 heavy (non-hydrogen) atoms. The number of hydrogen-bond acceptors (Lipinski definition) is 7. The van der Waals surface area contributed by atoms with Crippen LogP contribution in [0, 0.1) is 24.1 Å². The molecule has 1 aromatic heterocycles. The average molecular weight is 524 g/mol. The molecule has 0 bridgehead atoms. The first-order valence-electron chi connectivity index (χ1n) is 11.6. The van der Waals surface area contributed by atoms with Crippen LogP contribution in [0.4, 0.5) is 15.9 Å². The molecule has 2 saturated heterocycles. The highest BCUT2D eigenvalue weighted by molar-refractivity contribution is 8.26. The monoisotopic (exact) mass is 523 g/mol. The number of anilines is 2. The van der Waals surface area contributed by atoms with E-state index in [0.29, 0.717) is 71.1 Å². The molecule has 0 atom stereocenters. The third-order valence-corrected chi connectivity index (χ3v) is 7.77. The van der Waals surface area contributed by atoms with Crippen molar-refractivity contribution in [2.24, 2.45) is 0 Å². The van der Waals surface area contributed by atoms with Gasteiger partial charge in [0, 0.05) is 44.8 Å². The Kier molecular flexibility index (Phi) is 7.62. The number of thioether (sulfide) groups is 1. The number of benzene rings is 1. The summed E-state index contributed by atoms with van der Waals surface area (Å²) in [6, 6.07) is 8.73. The Hall–Kier alpha value is -3.42. The van der Waals surface area contributed by atoms with Crippen LogP contribution in [0.3, 0.4) is 0 Å². The zero-order valence-electron chi connectivity index (χ0n) is 20.2. The molecule has 0 unspecified atom stereocenters. The minimum absolute atomic E-state index is 0.0541. The van der Waals surface area contributed by atoms with Gasteiger partial charge >= 0.3 is 0 Å². The highest BCUT2D eigenvalue weighted by Gasteiger charge is 2.33. The van der Waals surface area contributed by atoms with E-state index in [1.54, 1.807) is 35.8 Å². The summed E-state index contributed by atoms with van der Waals surface area (Å²) in [5.74, 6) is 0.154. The lowest BCUT2D eigenvalue weighted by Gasteiger charge is -2.39. The number of carbonyl (C=O) groups is 1. The lowest BCUT2D eigenvalue weighted by atomic mass is 10.0. The van der Waals surface area contributed by atoms with Gasteiger partial charge in [-0.15, -0.1) is 6.58 Å². The first kappa shape index (κ1) is 25.7. The maximum atomic E-state index is 14.4. The number of amides is 1. The van der Waals surface area contributed by atoms with E-state index in [9.17, 15) is 19.2 Å². The fourth-order valence-corrected chi connectivity index (χ4v) is 5.82. The van der Waals surface area contributed by atoms with Gasteiger partial charge in [-0.2, -0.15) is 5.26 Å². The predicted octanol–water partition coefficient (Wildman–Crippen LogP) is 3.90. The Bertz CT molecular complexity index is 1370. The molecule has 10 heteroatoms. The van der Waals surface area contributed by atoms with E-state index in [4.69, 9.17) is 12.2 Å². The number of halogens is 1. The summed E-state index contributed by atoms with van der Waals surface area (Å²) < 4.78 is 16.4. The van der Waals surface area contributed by atoms with Crippen molar-refractivity contribution in [2.45, 2.75) is 20.4 Å². The summed E-state index contributed by atoms with van der Waals surface area (Å²) in [6.45, 7) is 10.1. The van der Waals surface area contributed by atoms with Gasteiger partial charge in [0.1, 0.15) is 27.6 Å². The van der Waals surface area contributed by atoms with Gasteiger partial charge in [0.25, 0.3) is 11.5 Å². The number of thiocarbonyl (C=S) groups is 1. The van der Waals surface area contributed by atoms with Crippen LogP contribution in [-0.2, 0) is 11.3 Å². The zero-order valence-corrected chi connectivity index (χ0v) is 21.8. The Balaban J connectivity index is 1.78. The molecule has 2 aliphatic rings. The number of nitriles is 1. The third-order valence-electron chi connectivity index (χ3n) is 6.40. The number of carbonyl (C=O) groups excluding carboxylic acids is 1. The molecule has 4 rings (SSSR count). The molecule has 3 heterocycles. The van der Waals surface area contributed by atoms with Crippen LogP contribution in [0.5, 0.6) is 0 Å². The van der Waals surface area contributed by atoms with Crippen molar-refractivity contribution >= 4 is 51.8 Å². The van der Waals surface area contributed by atoms with E-state index in [2.05, 4.69) is 11.5 Å². The Labute approximate surface area is 219 Å². The largest absolute Gasteiger partial charge is 0.366 e. The molecule has 0 saturated carbocycles. The molecule has 1 amide bonds. The number of aromatic nitrogens is 1. The van der Waals surface area contributed by atoms with Gasteiger partial charge in [-0.1, -0.05) is 42.2 Å². The molecule has 2 aliphatic heterocycles. The summed E-state index contributed by atoms with van der Waals surface area (Å²) in [6.07, 6.45) is 3.35. The van der Waals surface area contributed by atoms with Crippen molar-refractivity contribution < 1.29 is 9.18 Å². The quantitative estimate of drug-likeness (QED) is 0.323. The topological polar surface area (TPSA) is 72.6 Å². The standard InChI is InChI=1S/C26H26FN5O2S2/c1-4-10-32-25(34)22(36-26(32)35)15-18-17(3)19(16-28)24(33)31(5-2)23(18)30-13-11-29(12-14-30)21-9-7-6-8-20(21)27/h4,6-9,15H,1,5,10-14H2,2-3H3/b22-15-. The van der Waals surface area contributed by atoms with Crippen molar-refractivity contribution in [1.29, 1.82) is 5.26 Å². The van der Waals surface area contributed by atoms with Crippen LogP contribution in [0.2, 0.25) is 0 Å². The number of hydrogen-bond donors (Lipinski definition) is 0. The van der Waals surface area contributed by atoms with Crippen LogP contribution in [0.1, 0.15) is 23.6 Å². The van der Waals surface area contributed by atoms with E-state index in [-0.39, 0.29) is 22.8 Å². The molecule has 0 radical (unpaired) electrons. The van der Waals surface area contributed by atoms with Gasteiger partial charge in [0.15, 0.2) is 0 Å². The minimum atomic E-state index is -0.361. The average Bonchev–Trinajstić information content (AvgIpc) is 3.14. The number of piperazine rings is 1. The fourth-order valence-electron chi connectivity index (χ4n) is 4.56. The summed E-state index contributed by atoms with van der Waals surface area (Å²) >= 11 is 6.57. The number of rotatable bonds is 6. The SMILES string of the molecule is C=CCN1C(=O)/C(=C/c2c(C)c(C#N)c(=O)n(CC)c2N2CCN(c3ccccc3F)CC2)SC1=S. The van der Waals surface area contributed by atoms with Crippen molar-refractivity contribution in [3.05, 3.63) is 74.7 Å². The van der Waals surface area contributed by atoms with E-state index in [0.717, 1.165) is 0 Å². The number of para-hydroxylation sites is 1. The molecule has 2 fully saturated rings. The predicted molar refractivity (Wildman–Crippen MR) is 147 cm³/mol. The van der Waals surface area contributed by atoms with Gasteiger partial charge in [-0.25, -0.2) is 4.39 Å². The van der Waals surface area contributed by atoms with Crippen molar-refractivity contribution in [3.8, 4) is 6.07 Å². The summed E-state index contributed by atoms with van der Waals surface area (Å²) in [7, 11) is 0. The van der Waals surface area contributed by atoms with E-state index in [1.165, 1.54) is 22.7 Å². The van der Waals surface area contributed by atoms with Crippen molar-refractivity contribution in [2.75, 3.05) is 42.5 Å². The number of pyridine rings is 1.